The van der Waals surface area contributed by atoms with Gasteiger partial charge in [-0.3, -0.25) is 4.79 Å². The first-order chi connectivity index (χ1) is 11.1. The minimum absolute atomic E-state index is 0.165. The predicted octanol–water partition coefficient (Wildman–Crippen LogP) is 2.17. The summed E-state index contributed by atoms with van der Waals surface area (Å²) in [6, 6.07) is 7.99. The standard InChI is InChI=1S/C17H24N2O3S/c1-13(20)19-10-7-14(8-11-19)18-9-12-23-16-6-4-3-5-15(16)17(21)22-2/h3-6,14,18H,7-12H2,1-2H3. The van der Waals surface area contributed by atoms with Crippen molar-refractivity contribution < 1.29 is 14.3 Å². The Labute approximate surface area is 141 Å². The normalized spacial score (nSPS) is 15.5. The van der Waals surface area contributed by atoms with Crippen LogP contribution in [-0.4, -0.2) is 55.3 Å². The lowest BCUT2D eigenvalue weighted by Gasteiger charge is -2.31. The Morgan fingerprint density at radius 1 is 1.30 bits per heavy atom. The maximum atomic E-state index is 11.7. The molecule has 0 bridgehead atoms. The highest BCUT2D eigenvalue weighted by Crippen LogP contribution is 2.23. The van der Waals surface area contributed by atoms with Gasteiger partial charge in [-0.15, -0.1) is 11.8 Å². The molecule has 1 aliphatic heterocycles. The Kier molecular flexibility index (Phi) is 6.92. The van der Waals surface area contributed by atoms with Crippen molar-refractivity contribution in [3.63, 3.8) is 0 Å². The number of thioether (sulfide) groups is 1. The van der Waals surface area contributed by atoms with Gasteiger partial charge in [0.15, 0.2) is 0 Å². The van der Waals surface area contributed by atoms with Crippen molar-refractivity contribution in [3.05, 3.63) is 29.8 Å². The molecule has 1 aromatic carbocycles. The number of hydrogen-bond acceptors (Lipinski definition) is 5. The van der Waals surface area contributed by atoms with Crippen LogP contribution in [0.25, 0.3) is 0 Å². The van der Waals surface area contributed by atoms with Gasteiger partial charge in [0.25, 0.3) is 0 Å². The van der Waals surface area contributed by atoms with E-state index in [0.717, 1.165) is 43.1 Å². The van der Waals surface area contributed by atoms with E-state index in [9.17, 15) is 9.59 Å². The summed E-state index contributed by atoms with van der Waals surface area (Å²) < 4.78 is 4.81. The van der Waals surface area contributed by atoms with E-state index in [-0.39, 0.29) is 11.9 Å². The van der Waals surface area contributed by atoms with E-state index < -0.39 is 0 Å². The second-order valence-corrected chi connectivity index (χ2v) is 6.71. The first-order valence-electron chi connectivity index (χ1n) is 7.91. The molecular weight excluding hydrogens is 312 g/mol. The van der Waals surface area contributed by atoms with Gasteiger partial charge in [0.1, 0.15) is 0 Å². The number of ether oxygens (including phenoxy) is 1. The Hall–Kier alpha value is -1.53. The minimum Gasteiger partial charge on any atom is -0.465 e. The number of hydrogen-bond donors (Lipinski definition) is 1. The molecule has 2 rings (SSSR count). The molecule has 1 amide bonds. The molecule has 1 aliphatic rings. The summed E-state index contributed by atoms with van der Waals surface area (Å²) in [7, 11) is 1.40. The van der Waals surface area contributed by atoms with Crippen molar-refractivity contribution in [1.29, 1.82) is 0 Å². The van der Waals surface area contributed by atoms with Crippen LogP contribution < -0.4 is 5.32 Å². The van der Waals surface area contributed by atoms with E-state index in [4.69, 9.17) is 4.74 Å². The average Bonchev–Trinajstić information content (AvgIpc) is 2.58. The Morgan fingerprint density at radius 3 is 2.65 bits per heavy atom. The first-order valence-corrected chi connectivity index (χ1v) is 8.89. The molecule has 0 aliphatic carbocycles. The highest BCUT2D eigenvalue weighted by molar-refractivity contribution is 7.99. The molecule has 1 N–H and O–H groups in total. The van der Waals surface area contributed by atoms with Crippen LogP contribution in [0.1, 0.15) is 30.1 Å². The largest absolute Gasteiger partial charge is 0.465 e. The second-order valence-electron chi connectivity index (χ2n) is 5.57. The lowest BCUT2D eigenvalue weighted by molar-refractivity contribution is -0.129. The lowest BCUT2D eigenvalue weighted by atomic mass is 10.1. The van der Waals surface area contributed by atoms with Crippen molar-refractivity contribution in [2.45, 2.75) is 30.7 Å². The lowest BCUT2D eigenvalue weighted by Crippen LogP contribution is -2.44. The van der Waals surface area contributed by atoms with Gasteiger partial charge in [-0.2, -0.15) is 0 Å². The van der Waals surface area contributed by atoms with Gasteiger partial charge in [0, 0.05) is 43.2 Å². The molecule has 1 saturated heterocycles. The molecule has 1 heterocycles. The van der Waals surface area contributed by atoms with Crippen molar-refractivity contribution in [3.8, 4) is 0 Å². The number of nitrogens with one attached hydrogen (secondary N) is 1. The molecule has 23 heavy (non-hydrogen) atoms. The van der Waals surface area contributed by atoms with Gasteiger partial charge in [-0.1, -0.05) is 12.1 Å². The zero-order valence-electron chi connectivity index (χ0n) is 13.7. The number of likely N-dealkylation sites (tertiary alicyclic amines) is 1. The van der Waals surface area contributed by atoms with Gasteiger partial charge in [0.2, 0.25) is 5.91 Å². The summed E-state index contributed by atoms with van der Waals surface area (Å²) in [5.74, 6) is 0.761. The molecule has 0 atom stereocenters. The SMILES string of the molecule is COC(=O)c1ccccc1SCCNC1CCN(C(C)=O)CC1. The number of esters is 1. The minimum atomic E-state index is -0.294. The van der Waals surface area contributed by atoms with Crippen molar-refractivity contribution in [1.82, 2.24) is 10.2 Å². The maximum absolute atomic E-state index is 11.7. The number of carbonyl (C=O) groups excluding carboxylic acids is 2. The molecular formula is C17H24N2O3S. The molecule has 0 unspecified atom stereocenters. The zero-order chi connectivity index (χ0) is 16.7. The third kappa shape index (κ3) is 5.25. The molecule has 0 spiro atoms. The van der Waals surface area contributed by atoms with E-state index in [1.165, 1.54) is 7.11 Å². The summed E-state index contributed by atoms with van der Waals surface area (Å²) in [5.41, 5.74) is 0.620. The van der Waals surface area contributed by atoms with Gasteiger partial charge in [-0.25, -0.2) is 4.79 Å². The third-order valence-corrected chi connectivity index (χ3v) is 5.10. The van der Waals surface area contributed by atoms with E-state index in [1.54, 1.807) is 24.8 Å². The molecule has 0 radical (unpaired) electrons. The van der Waals surface area contributed by atoms with Crippen LogP contribution >= 0.6 is 11.8 Å². The van der Waals surface area contributed by atoms with Crippen molar-refractivity contribution in [2.75, 3.05) is 32.5 Å². The number of piperidine rings is 1. The molecule has 5 nitrogen and oxygen atoms in total. The summed E-state index contributed by atoms with van der Waals surface area (Å²) in [4.78, 5) is 25.9. The number of rotatable bonds is 6. The Balaban J connectivity index is 1.72. The summed E-state index contributed by atoms with van der Waals surface area (Å²) >= 11 is 1.66. The molecule has 0 aromatic heterocycles. The fourth-order valence-corrected chi connectivity index (χ4v) is 3.62. The fourth-order valence-electron chi connectivity index (χ4n) is 2.69. The van der Waals surface area contributed by atoms with Crippen molar-refractivity contribution >= 4 is 23.6 Å². The average molecular weight is 336 g/mol. The van der Waals surface area contributed by atoms with Gasteiger partial charge >= 0.3 is 5.97 Å². The Morgan fingerprint density at radius 2 is 2.00 bits per heavy atom. The third-order valence-electron chi connectivity index (χ3n) is 4.03. The Bertz CT molecular complexity index is 542. The molecule has 126 valence electrons. The molecule has 1 aromatic rings. The highest BCUT2D eigenvalue weighted by Gasteiger charge is 2.20. The zero-order valence-corrected chi connectivity index (χ0v) is 14.5. The van der Waals surface area contributed by atoms with Crippen LogP contribution in [0, 0.1) is 0 Å². The predicted molar refractivity (Wildman–Crippen MR) is 91.8 cm³/mol. The number of amides is 1. The van der Waals surface area contributed by atoms with Crippen LogP contribution in [0.15, 0.2) is 29.2 Å². The van der Waals surface area contributed by atoms with E-state index >= 15 is 0 Å². The first kappa shape index (κ1) is 17.8. The topological polar surface area (TPSA) is 58.6 Å². The fraction of sp³-hybridized carbons (Fsp3) is 0.529. The van der Waals surface area contributed by atoms with Gasteiger partial charge < -0.3 is 15.0 Å². The number of methoxy groups -OCH3 is 1. The van der Waals surface area contributed by atoms with Gasteiger partial charge in [0.05, 0.1) is 12.7 Å². The molecule has 1 fully saturated rings. The second kappa shape index (κ2) is 8.93. The van der Waals surface area contributed by atoms with Crippen LogP contribution in [0.3, 0.4) is 0 Å². The summed E-state index contributed by atoms with van der Waals surface area (Å²) in [6.45, 7) is 4.19. The number of carbonyl (C=O) groups is 2. The van der Waals surface area contributed by atoms with Crippen molar-refractivity contribution in [2.24, 2.45) is 0 Å². The van der Waals surface area contributed by atoms with Gasteiger partial charge in [-0.05, 0) is 25.0 Å². The molecule has 6 heteroatoms. The number of nitrogens with zero attached hydrogens (tertiary/aromatic N) is 1. The summed E-state index contributed by atoms with van der Waals surface area (Å²) in [6.07, 6.45) is 2.01. The van der Waals surface area contributed by atoms with Crippen LogP contribution in [0.4, 0.5) is 0 Å². The van der Waals surface area contributed by atoms with E-state index in [1.807, 2.05) is 23.1 Å². The number of benzene rings is 1. The van der Waals surface area contributed by atoms with Crippen LogP contribution in [0.2, 0.25) is 0 Å². The quantitative estimate of drug-likeness (QED) is 0.490. The van der Waals surface area contributed by atoms with E-state index in [0.29, 0.717) is 11.6 Å². The van der Waals surface area contributed by atoms with Crippen LogP contribution in [0.5, 0.6) is 0 Å². The summed E-state index contributed by atoms with van der Waals surface area (Å²) in [5, 5.41) is 3.54. The maximum Gasteiger partial charge on any atom is 0.338 e. The smallest absolute Gasteiger partial charge is 0.338 e. The highest BCUT2D eigenvalue weighted by atomic mass is 32.2. The monoisotopic (exact) mass is 336 g/mol. The van der Waals surface area contributed by atoms with Crippen LogP contribution in [-0.2, 0) is 9.53 Å². The van der Waals surface area contributed by atoms with E-state index in [2.05, 4.69) is 5.32 Å². The molecule has 0 saturated carbocycles.